The summed E-state index contributed by atoms with van der Waals surface area (Å²) < 4.78 is 5.71. The number of ether oxygens (including phenoxy) is 1. The lowest BCUT2D eigenvalue weighted by atomic mass is 9.78. The summed E-state index contributed by atoms with van der Waals surface area (Å²) in [6.07, 6.45) is 9.33. The van der Waals surface area contributed by atoms with Gasteiger partial charge in [0.05, 0.1) is 11.5 Å². The van der Waals surface area contributed by atoms with E-state index in [4.69, 9.17) is 4.74 Å². The molecule has 2 aromatic rings. The number of aryl methyl sites for hydroxylation is 1. The fourth-order valence-electron chi connectivity index (χ4n) is 4.82. The molecule has 3 heteroatoms. The van der Waals surface area contributed by atoms with E-state index in [-0.39, 0.29) is 11.9 Å². The zero-order chi connectivity index (χ0) is 22.9. The van der Waals surface area contributed by atoms with Gasteiger partial charge in [0.2, 0.25) is 0 Å². The van der Waals surface area contributed by atoms with Crippen molar-refractivity contribution in [3.05, 3.63) is 64.7 Å². The molecule has 32 heavy (non-hydrogen) atoms. The molecule has 1 atom stereocenters. The molecule has 0 radical (unpaired) electrons. The van der Waals surface area contributed by atoms with Crippen LogP contribution in [-0.2, 0) is 17.6 Å². The number of hydrogen-bond acceptors (Lipinski definition) is 3. The van der Waals surface area contributed by atoms with Crippen molar-refractivity contribution in [2.24, 2.45) is 11.8 Å². The number of benzene rings is 2. The summed E-state index contributed by atoms with van der Waals surface area (Å²) in [6, 6.07) is 16.8. The average Bonchev–Trinajstić information content (AvgIpc) is 2.83. The Morgan fingerprint density at radius 2 is 1.75 bits per heavy atom. The number of rotatable bonds is 9. The van der Waals surface area contributed by atoms with Crippen LogP contribution in [0.4, 0.5) is 0 Å². The van der Waals surface area contributed by atoms with Crippen molar-refractivity contribution in [3.63, 3.8) is 0 Å². The maximum atomic E-state index is 12.8. The van der Waals surface area contributed by atoms with Crippen LogP contribution in [0.2, 0.25) is 0 Å². The Hall–Kier alpha value is -2.60. The zero-order valence-corrected chi connectivity index (χ0v) is 19.9. The van der Waals surface area contributed by atoms with Crippen molar-refractivity contribution in [3.8, 4) is 11.8 Å². The highest BCUT2D eigenvalue weighted by molar-refractivity contribution is 5.76. The van der Waals surface area contributed by atoms with Crippen LogP contribution in [-0.4, -0.2) is 5.97 Å². The first-order valence-electron chi connectivity index (χ1n) is 12.4. The van der Waals surface area contributed by atoms with Gasteiger partial charge in [0.15, 0.2) is 0 Å². The van der Waals surface area contributed by atoms with E-state index in [1.165, 1.54) is 30.4 Å². The molecular weight excluding hydrogens is 394 g/mol. The van der Waals surface area contributed by atoms with Crippen molar-refractivity contribution in [1.29, 1.82) is 5.26 Å². The van der Waals surface area contributed by atoms with E-state index in [0.717, 1.165) is 44.1 Å². The Bertz CT molecular complexity index is 917. The molecule has 1 unspecified atom stereocenters. The molecule has 0 N–H and O–H groups in total. The Labute approximate surface area is 193 Å². The third-order valence-corrected chi connectivity index (χ3v) is 6.93. The van der Waals surface area contributed by atoms with E-state index in [9.17, 15) is 10.1 Å². The molecule has 3 nitrogen and oxygen atoms in total. The van der Waals surface area contributed by atoms with Gasteiger partial charge in [-0.2, -0.15) is 5.26 Å². The van der Waals surface area contributed by atoms with E-state index < -0.39 is 0 Å². The quantitative estimate of drug-likeness (QED) is 0.308. The van der Waals surface area contributed by atoms with Crippen LogP contribution in [0, 0.1) is 23.2 Å². The van der Waals surface area contributed by atoms with Gasteiger partial charge in [-0.3, -0.25) is 4.79 Å². The SMILES string of the molecule is CCCCC(C)Cc1ccc(OC(=O)C2CCC(c3ccc(CC)cc3)CC2)c(C#N)c1. The maximum absolute atomic E-state index is 12.8. The van der Waals surface area contributed by atoms with Crippen LogP contribution in [0.25, 0.3) is 0 Å². The summed E-state index contributed by atoms with van der Waals surface area (Å²) in [5.74, 6) is 1.24. The molecule has 0 aromatic heterocycles. The lowest BCUT2D eigenvalue weighted by Crippen LogP contribution is -2.25. The van der Waals surface area contributed by atoms with Crippen LogP contribution < -0.4 is 4.74 Å². The highest BCUT2D eigenvalue weighted by atomic mass is 16.5. The second kappa shape index (κ2) is 11.9. The van der Waals surface area contributed by atoms with E-state index >= 15 is 0 Å². The summed E-state index contributed by atoms with van der Waals surface area (Å²) >= 11 is 0. The molecule has 0 heterocycles. The topological polar surface area (TPSA) is 50.1 Å². The summed E-state index contributed by atoms with van der Waals surface area (Å²) in [7, 11) is 0. The predicted octanol–water partition coefficient (Wildman–Crippen LogP) is 7.37. The Morgan fingerprint density at radius 1 is 1.06 bits per heavy atom. The van der Waals surface area contributed by atoms with Crippen LogP contribution in [0.5, 0.6) is 5.75 Å². The number of esters is 1. The van der Waals surface area contributed by atoms with E-state index in [1.54, 1.807) is 6.07 Å². The Morgan fingerprint density at radius 3 is 2.38 bits per heavy atom. The van der Waals surface area contributed by atoms with Gasteiger partial charge in [0.25, 0.3) is 0 Å². The lowest BCUT2D eigenvalue weighted by Gasteiger charge is -2.27. The number of carbonyl (C=O) groups is 1. The predicted molar refractivity (Wildman–Crippen MR) is 130 cm³/mol. The molecule has 1 aliphatic rings. The fourth-order valence-corrected chi connectivity index (χ4v) is 4.82. The number of unbranched alkanes of at least 4 members (excludes halogenated alkanes) is 1. The van der Waals surface area contributed by atoms with E-state index in [1.807, 2.05) is 12.1 Å². The minimum atomic E-state index is -0.189. The normalized spacial score (nSPS) is 19.2. The molecule has 2 aromatic carbocycles. The molecular formula is C29H37NO2. The molecule has 1 saturated carbocycles. The van der Waals surface area contributed by atoms with Crippen LogP contribution in [0.3, 0.4) is 0 Å². The van der Waals surface area contributed by atoms with Gasteiger partial charge in [-0.05, 0) is 79.2 Å². The number of nitriles is 1. The Balaban J connectivity index is 1.55. The molecule has 0 bridgehead atoms. The van der Waals surface area contributed by atoms with Gasteiger partial charge < -0.3 is 4.74 Å². The Kier molecular flexibility index (Phi) is 8.91. The highest BCUT2D eigenvalue weighted by Gasteiger charge is 2.29. The minimum absolute atomic E-state index is 0.0820. The molecule has 0 aliphatic heterocycles. The summed E-state index contributed by atoms with van der Waals surface area (Å²) in [5.41, 5.74) is 4.34. The van der Waals surface area contributed by atoms with Gasteiger partial charge in [0, 0.05) is 0 Å². The lowest BCUT2D eigenvalue weighted by molar-refractivity contribution is -0.140. The first-order chi connectivity index (χ1) is 15.5. The number of carbonyl (C=O) groups excluding carboxylic acids is 1. The molecule has 3 rings (SSSR count). The molecule has 0 amide bonds. The van der Waals surface area contributed by atoms with Crippen LogP contribution in [0.1, 0.15) is 93.9 Å². The maximum Gasteiger partial charge on any atom is 0.314 e. The third-order valence-electron chi connectivity index (χ3n) is 6.93. The van der Waals surface area contributed by atoms with E-state index in [2.05, 4.69) is 51.1 Å². The van der Waals surface area contributed by atoms with E-state index in [0.29, 0.717) is 23.1 Å². The monoisotopic (exact) mass is 431 g/mol. The van der Waals surface area contributed by atoms with Crippen molar-refractivity contribution >= 4 is 5.97 Å². The highest BCUT2D eigenvalue weighted by Crippen LogP contribution is 2.37. The smallest absolute Gasteiger partial charge is 0.314 e. The van der Waals surface area contributed by atoms with Crippen LogP contribution in [0.15, 0.2) is 42.5 Å². The summed E-state index contributed by atoms with van der Waals surface area (Å²) in [6.45, 7) is 6.63. The third kappa shape index (κ3) is 6.45. The second-order valence-electron chi connectivity index (χ2n) is 9.46. The van der Waals surface area contributed by atoms with Gasteiger partial charge in [0.1, 0.15) is 11.8 Å². The van der Waals surface area contributed by atoms with Gasteiger partial charge in [-0.25, -0.2) is 0 Å². The van der Waals surface area contributed by atoms with Crippen molar-refractivity contribution in [1.82, 2.24) is 0 Å². The molecule has 1 fully saturated rings. The van der Waals surface area contributed by atoms with Crippen molar-refractivity contribution in [2.75, 3.05) is 0 Å². The van der Waals surface area contributed by atoms with Crippen molar-refractivity contribution < 1.29 is 9.53 Å². The molecule has 1 aliphatic carbocycles. The first kappa shape index (κ1) is 24.1. The standard InChI is InChI=1S/C29H37NO2/c1-4-6-7-21(3)18-23-10-17-28(27(19-23)20-30)32-29(31)26-15-13-25(14-16-26)24-11-8-22(5-2)9-12-24/h8-12,17,19,21,25-26H,4-7,13-16,18H2,1-3H3. The largest absolute Gasteiger partial charge is 0.425 e. The number of nitrogens with zero attached hydrogens (tertiary/aromatic N) is 1. The fraction of sp³-hybridized carbons (Fsp3) is 0.517. The molecule has 170 valence electrons. The first-order valence-corrected chi connectivity index (χ1v) is 12.4. The van der Waals surface area contributed by atoms with Crippen molar-refractivity contribution in [2.45, 2.75) is 84.5 Å². The average molecular weight is 432 g/mol. The summed E-state index contributed by atoms with van der Waals surface area (Å²) in [5, 5.41) is 9.60. The van der Waals surface area contributed by atoms with Crippen LogP contribution >= 0.6 is 0 Å². The van der Waals surface area contributed by atoms with Gasteiger partial charge >= 0.3 is 5.97 Å². The minimum Gasteiger partial charge on any atom is -0.425 e. The molecule has 0 spiro atoms. The second-order valence-corrected chi connectivity index (χ2v) is 9.46. The molecule has 0 saturated heterocycles. The summed E-state index contributed by atoms with van der Waals surface area (Å²) in [4.78, 5) is 12.8. The van der Waals surface area contributed by atoms with Gasteiger partial charge in [-0.15, -0.1) is 0 Å². The zero-order valence-electron chi connectivity index (χ0n) is 19.9. The van der Waals surface area contributed by atoms with Gasteiger partial charge in [-0.1, -0.05) is 70.4 Å². The number of hydrogen-bond donors (Lipinski definition) is 0.